The first kappa shape index (κ1) is 14.5. The number of pyridine rings is 1. The number of amides is 1. The molecule has 104 valence electrons. The summed E-state index contributed by atoms with van der Waals surface area (Å²) < 4.78 is 1.94. The summed E-state index contributed by atoms with van der Waals surface area (Å²) in [6.45, 7) is 6.22. The van der Waals surface area contributed by atoms with Crippen molar-refractivity contribution in [2.24, 2.45) is 0 Å². The minimum absolute atomic E-state index is 0.0610. The predicted octanol–water partition coefficient (Wildman–Crippen LogP) is 3.19. The second kappa shape index (κ2) is 6.06. The minimum Gasteiger partial charge on any atom is -0.320 e. The summed E-state index contributed by atoms with van der Waals surface area (Å²) in [5.41, 5.74) is 3.89. The molecule has 0 aliphatic heterocycles. The quantitative estimate of drug-likeness (QED) is 0.865. The van der Waals surface area contributed by atoms with Crippen LogP contribution in [0.25, 0.3) is 0 Å². The average molecular weight is 290 g/mol. The second-order valence-electron chi connectivity index (χ2n) is 4.87. The van der Waals surface area contributed by atoms with Crippen LogP contribution in [0.3, 0.4) is 0 Å². The molecule has 4 heteroatoms. The van der Waals surface area contributed by atoms with Gasteiger partial charge in [-0.3, -0.25) is 4.79 Å². The number of rotatable bonds is 3. The first-order valence-electron chi connectivity index (χ1n) is 6.49. The third-order valence-electron chi connectivity index (χ3n) is 3.47. The van der Waals surface area contributed by atoms with Crippen LogP contribution in [0, 0.1) is 20.8 Å². The fourth-order valence-corrected chi connectivity index (χ4v) is 2.18. The Morgan fingerprint density at radius 3 is 2.70 bits per heavy atom. The van der Waals surface area contributed by atoms with Gasteiger partial charge in [-0.05, 0) is 37.6 Å². The highest BCUT2D eigenvalue weighted by atomic mass is 35.5. The summed E-state index contributed by atoms with van der Waals surface area (Å²) in [5, 5.41) is 3.56. The standard InChI is InChI=1S/C16H17ClN2O/c1-11-6-5-9-19(13(11)3)10-16(20)18-15-8-4-7-14(17)12(15)2/h4-9H,10H2,1-3H3/p+1. The molecule has 1 aromatic carbocycles. The molecule has 0 unspecified atom stereocenters. The molecular weight excluding hydrogens is 272 g/mol. The summed E-state index contributed by atoms with van der Waals surface area (Å²) >= 11 is 6.05. The Labute approximate surface area is 124 Å². The van der Waals surface area contributed by atoms with Crippen molar-refractivity contribution in [3.05, 3.63) is 58.4 Å². The second-order valence-corrected chi connectivity index (χ2v) is 5.27. The Hall–Kier alpha value is -1.87. The number of nitrogens with one attached hydrogen (secondary N) is 1. The van der Waals surface area contributed by atoms with Crippen molar-refractivity contribution in [1.82, 2.24) is 0 Å². The van der Waals surface area contributed by atoms with Crippen LogP contribution in [0.1, 0.15) is 16.8 Å². The Bertz CT molecular complexity index is 597. The van der Waals surface area contributed by atoms with E-state index in [0.717, 1.165) is 16.9 Å². The lowest BCUT2D eigenvalue weighted by molar-refractivity contribution is -0.690. The van der Waals surface area contributed by atoms with Crippen molar-refractivity contribution >= 4 is 23.2 Å². The molecule has 1 heterocycles. The molecule has 0 aliphatic carbocycles. The molecule has 0 spiro atoms. The smallest absolute Gasteiger partial charge is 0.290 e. The lowest BCUT2D eigenvalue weighted by Gasteiger charge is -2.08. The van der Waals surface area contributed by atoms with Crippen molar-refractivity contribution in [2.45, 2.75) is 27.3 Å². The van der Waals surface area contributed by atoms with E-state index < -0.39 is 0 Å². The van der Waals surface area contributed by atoms with E-state index in [0.29, 0.717) is 11.6 Å². The normalized spacial score (nSPS) is 10.4. The van der Waals surface area contributed by atoms with Crippen LogP contribution in [-0.4, -0.2) is 5.91 Å². The van der Waals surface area contributed by atoms with Gasteiger partial charge in [-0.15, -0.1) is 0 Å². The van der Waals surface area contributed by atoms with Gasteiger partial charge in [0.1, 0.15) is 0 Å². The molecule has 0 aliphatic rings. The fourth-order valence-electron chi connectivity index (χ4n) is 2.01. The van der Waals surface area contributed by atoms with Gasteiger partial charge in [0.2, 0.25) is 6.54 Å². The lowest BCUT2D eigenvalue weighted by atomic mass is 10.2. The zero-order valence-electron chi connectivity index (χ0n) is 11.9. The van der Waals surface area contributed by atoms with Crippen LogP contribution < -0.4 is 9.88 Å². The molecule has 2 rings (SSSR count). The zero-order valence-corrected chi connectivity index (χ0v) is 12.7. The van der Waals surface area contributed by atoms with Gasteiger partial charge in [0, 0.05) is 29.3 Å². The van der Waals surface area contributed by atoms with Crippen molar-refractivity contribution in [3.63, 3.8) is 0 Å². The van der Waals surface area contributed by atoms with Crippen molar-refractivity contribution in [3.8, 4) is 0 Å². The van der Waals surface area contributed by atoms with Crippen molar-refractivity contribution < 1.29 is 9.36 Å². The Morgan fingerprint density at radius 1 is 1.20 bits per heavy atom. The third-order valence-corrected chi connectivity index (χ3v) is 3.88. The number of nitrogens with zero attached hydrogens (tertiary/aromatic N) is 1. The van der Waals surface area contributed by atoms with Gasteiger partial charge in [-0.1, -0.05) is 17.7 Å². The van der Waals surface area contributed by atoms with Crippen molar-refractivity contribution in [1.29, 1.82) is 0 Å². The molecule has 0 bridgehead atoms. The summed E-state index contributed by atoms with van der Waals surface area (Å²) in [7, 11) is 0. The first-order valence-corrected chi connectivity index (χ1v) is 6.87. The van der Waals surface area contributed by atoms with Gasteiger partial charge >= 0.3 is 0 Å². The van der Waals surface area contributed by atoms with Gasteiger partial charge in [-0.2, -0.15) is 4.57 Å². The van der Waals surface area contributed by atoms with E-state index in [4.69, 9.17) is 11.6 Å². The summed E-state index contributed by atoms with van der Waals surface area (Å²) in [6.07, 6.45) is 1.91. The van der Waals surface area contributed by atoms with Crippen molar-refractivity contribution in [2.75, 3.05) is 5.32 Å². The van der Waals surface area contributed by atoms with Gasteiger partial charge in [0.05, 0.1) is 0 Å². The highest BCUT2D eigenvalue weighted by Crippen LogP contribution is 2.22. The number of anilines is 1. The van der Waals surface area contributed by atoms with Gasteiger partial charge in [0.25, 0.3) is 5.91 Å². The van der Waals surface area contributed by atoms with E-state index in [1.54, 1.807) is 0 Å². The Balaban J connectivity index is 2.13. The van der Waals surface area contributed by atoms with Crippen LogP contribution in [0.2, 0.25) is 5.02 Å². The number of carbonyl (C=O) groups excluding carboxylic acids is 1. The molecule has 1 N–H and O–H groups in total. The predicted molar refractivity (Wildman–Crippen MR) is 80.9 cm³/mol. The largest absolute Gasteiger partial charge is 0.320 e. The SMILES string of the molecule is Cc1ccc[n+](CC(=O)Nc2cccc(Cl)c2C)c1C. The highest BCUT2D eigenvalue weighted by Gasteiger charge is 2.14. The number of benzene rings is 1. The van der Waals surface area contributed by atoms with E-state index in [2.05, 4.69) is 5.32 Å². The van der Waals surface area contributed by atoms with E-state index in [1.807, 2.05) is 61.9 Å². The van der Waals surface area contributed by atoms with E-state index >= 15 is 0 Å². The lowest BCUT2D eigenvalue weighted by Crippen LogP contribution is -2.43. The van der Waals surface area contributed by atoms with Gasteiger partial charge in [0.15, 0.2) is 11.9 Å². The molecule has 0 radical (unpaired) electrons. The average Bonchev–Trinajstić information content (AvgIpc) is 2.40. The van der Waals surface area contributed by atoms with Gasteiger partial charge < -0.3 is 5.32 Å². The molecule has 0 saturated carbocycles. The monoisotopic (exact) mass is 289 g/mol. The van der Waals surface area contributed by atoms with E-state index in [1.165, 1.54) is 5.56 Å². The highest BCUT2D eigenvalue weighted by molar-refractivity contribution is 6.31. The number of halogens is 1. The van der Waals surface area contributed by atoms with Crippen LogP contribution in [0.4, 0.5) is 5.69 Å². The summed E-state index contributed by atoms with van der Waals surface area (Å²) in [6, 6.07) is 9.47. The number of hydrogen-bond acceptors (Lipinski definition) is 1. The van der Waals surface area contributed by atoms with Crippen LogP contribution >= 0.6 is 11.6 Å². The third kappa shape index (κ3) is 3.17. The molecule has 1 amide bonds. The maximum absolute atomic E-state index is 12.1. The van der Waals surface area contributed by atoms with E-state index in [-0.39, 0.29) is 5.91 Å². The molecule has 2 aromatic rings. The number of aromatic nitrogens is 1. The molecular formula is C16H18ClN2O+. The Kier molecular flexibility index (Phi) is 4.40. The minimum atomic E-state index is -0.0610. The molecule has 1 aromatic heterocycles. The number of carbonyl (C=O) groups is 1. The molecule has 0 saturated heterocycles. The van der Waals surface area contributed by atoms with Crippen LogP contribution in [0.15, 0.2) is 36.5 Å². The van der Waals surface area contributed by atoms with Gasteiger partial charge in [-0.25, -0.2) is 0 Å². The first-order chi connectivity index (χ1) is 9.49. The maximum atomic E-state index is 12.1. The fraction of sp³-hybridized carbons (Fsp3) is 0.250. The topological polar surface area (TPSA) is 33.0 Å². The number of hydrogen-bond donors (Lipinski definition) is 1. The van der Waals surface area contributed by atoms with Crippen LogP contribution in [0.5, 0.6) is 0 Å². The summed E-state index contributed by atoms with van der Waals surface area (Å²) in [4.78, 5) is 12.1. The molecule has 20 heavy (non-hydrogen) atoms. The molecule has 0 fully saturated rings. The molecule has 3 nitrogen and oxygen atoms in total. The number of aryl methyl sites for hydroxylation is 1. The van der Waals surface area contributed by atoms with E-state index in [9.17, 15) is 4.79 Å². The maximum Gasteiger partial charge on any atom is 0.290 e. The molecule has 0 atom stereocenters. The van der Waals surface area contributed by atoms with Crippen LogP contribution in [-0.2, 0) is 11.3 Å². The zero-order chi connectivity index (χ0) is 14.7. The Morgan fingerprint density at radius 2 is 1.95 bits per heavy atom. The summed E-state index contributed by atoms with van der Waals surface area (Å²) in [5.74, 6) is -0.0610.